The molecule has 0 saturated carbocycles. The molecule has 2 aliphatic rings. The summed E-state index contributed by atoms with van der Waals surface area (Å²) in [7, 11) is 1.54. The van der Waals surface area contributed by atoms with Gasteiger partial charge < -0.3 is 15.0 Å². The molecule has 1 saturated heterocycles. The van der Waals surface area contributed by atoms with Crippen LogP contribution in [0.15, 0.2) is 82.6 Å². The van der Waals surface area contributed by atoms with Gasteiger partial charge in [-0.2, -0.15) is 0 Å². The Hall–Kier alpha value is -4.42. The van der Waals surface area contributed by atoms with Gasteiger partial charge in [0.2, 0.25) is 17.7 Å². The summed E-state index contributed by atoms with van der Waals surface area (Å²) in [6.07, 6.45) is 0. The molecule has 3 aromatic carbocycles. The van der Waals surface area contributed by atoms with Gasteiger partial charge in [0.1, 0.15) is 23.4 Å². The minimum Gasteiger partial charge on any atom is -0.497 e. The van der Waals surface area contributed by atoms with Crippen LogP contribution in [0.5, 0.6) is 5.75 Å². The number of amides is 3. The molecule has 0 radical (unpaired) electrons. The Balaban J connectivity index is 1.40. The largest absolute Gasteiger partial charge is 0.497 e. The molecule has 0 spiro atoms. The van der Waals surface area contributed by atoms with E-state index in [1.807, 2.05) is 24.3 Å². The number of thioether (sulfide) groups is 1. The van der Waals surface area contributed by atoms with Crippen molar-refractivity contribution in [3.63, 3.8) is 0 Å². The van der Waals surface area contributed by atoms with E-state index in [0.717, 1.165) is 47.4 Å². The molecule has 3 amide bonds. The fraction of sp³-hybridized carbons (Fsp3) is 0.273. The van der Waals surface area contributed by atoms with Gasteiger partial charge in [0.25, 0.3) is 0 Å². The Kier molecular flexibility index (Phi) is 8.52. The number of nitrogens with zero attached hydrogens (tertiary/aromatic N) is 3. The summed E-state index contributed by atoms with van der Waals surface area (Å²) in [5.41, 5.74) is 2.67. The van der Waals surface area contributed by atoms with Crippen LogP contribution >= 0.6 is 23.1 Å². The molecule has 0 bridgehead atoms. The zero-order valence-corrected chi connectivity index (χ0v) is 26.5. The third kappa shape index (κ3) is 5.64. The Morgan fingerprint density at radius 2 is 1.60 bits per heavy atom. The van der Waals surface area contributed by atoms with Gasteiger partial charge in [-0.1, -0.05) is 35.2 Å². The third-order valence-electron chi connectivity index (χ3n) is 8.19. The summed E-state index contributed by atoms with van der Waals surface area (Å²) >= 11 is 2.15. The molecule has 45 heavy (non-hydrogen) atoms. The quantitative estimate of drug-likeness (QED) is 0.245. The lowest BCUT2D eigenvalue weighted by molar-refractivity contribution is -0.122. The van der Waals surface area contributed by atoms with Gasteiger partial charge in [-0.05, 0) is 80.1 Å². The van der Waals surface area contributed by atoms with Gasteiger partial charge in [-0.15, -0.1) is 0 Å². The maximum atomic E-state index is 14.1. The van der Waals surface area contributed by atoms with Crippen LogP contribution in [0.1, 0.15) is 30.2 Å². The minimum atomic E-state index is -0.806. The van der Waals surface area contributed by atoms with Crippen molar-refractivity contribution >= 4 is 57.9 Å². The van der Waals surface area contributed by atoms with E-state index in [0.29, 0.717) is 27.0 Å². The van der Waals surface area contributed by atoms with Crippen molar-refractivity contribution in [3.8, 4) is 5.75 Å². The minimum absolute atomic E-state index is 0.301. The molecule has 3 atom stereocenters. The second-order valence-electron chi connectivity index (χ2n) is 10.7. The number of rotatable bonds is 9. The summed E-state index contributed by atoms with van der Waals surface area (Å²) in [5.74, 6) is -2.35. The van der Waals surface area contributed by atoms with Crippen molar-refractivity contribution < 1.29 is 23.5 Å². The number of nitrogens with one attached hydrogen (secondary N) is 1. The topological polar surface area (TPSA) is 101 Å². The predicted octanol–water partition coefficient (Wildman–Crippen LogP) is 5.34. The standard InChI is InChI=1S/C33H31FN4O5S2/c1-4-36(5-2)22-12-6-19(7-13-22)26-27-28(31(41)38(30(27)40)23-14-16-24(43-3)17-15-23)44-32-29(26)45-33(42)37(32)18-25(39)35-21-10-8-20(34)9-11-21/h6-17,26-28H,4-5,18H2,1-3H3,(H,35,39)/t26-,27?,28?/m1/s1. The summed E-state index contributed by atoms with van der Waals surface area (Å²) in [6, 6.07) is 20.0. The van der Waals surface area contributed by atoms with Gasteiger partial charge in [-0.3, -0.25) is 23.7 Å². The molecule has 12 heteroatoms. The molecular weight excluding hydrogens is 616 g/mol. The zero-order chi connectivity index (χ0) is 31.8. The van der Waals surface area contributed by atoms with Gasteiger partial charge in [0, 0.05) is 35.3 Å². The number of benzene rings is 3. The number of carbonyl (C=O) groups is 3. The highest BCUT2D eigenvalue weighted by Gasteiger charge is 2.56. The summed E-state index contributed by atoms with van der Waals surface area (Å²) < 4.78 is 20.0. The van der Waals surface area contributed by atoms with E-state index in [4.69, 9.17) is 4.74 Å². The molecule has 3 heterocycles. The SMILES string of the molecule is CCN(CC)c1ccc([C@H]2c3sc(=O)n(CC(=O)Nc4ccc(F)cc4)c3SC3C(=O)N(c4ccc(OC)cc4)C(=O)C32)cc1. The van der Waals surface area contributed by atoms with Crippen LogP contribution in [-0.4, -0.2) is 47.7 Å². The molecule has 0 aliphatic carbocycles. The molecule has 2 aliphatic heterocycles. The molecule has 6 rings (SSSR count). The van der Waals surface area contributed by atoms with E-state index in [1.54, 1.807) is 31.4 Å². The number of hydrogen-bond donors (Lipinski definition) is 1. The Labute approximate surface area is 267 Å². The number of anilines is 3. The van der Waals surface area contributed by atoms with Crippen molar-refractivity contribution in [2.24, 2.45) is 5.92 Å². The zero-order valence-electron chi connectivity index (χ0n) is 24.9. The average molecular weight is 647 g/mol. The van der Waals surface area contributed by atoms with E-state index < -0.39 is 28.8 Å². The molecule has 9 nitrogen and oxygen atoms in total. The number of fused-ring (bicyclic) bond motifs is 2. The molecule has 2 unspecified atom stereocenters. The van der Waals surface area contributed by atoms with E-state index >= 15 is 0 Å². The smallest absolute Gasteiger partial charge is 0.308 e. The van der Waals surface area contributed by atoms with E-state index in [1.165, 1.54) is 33.7 Å². The number of hydrogen-bond acceptors (Lipinski definition) is 8. The third-order valence-corrected chi connectivity index (χ3v) is 10.8. The number of halogens is 1. The highest BCUT2D eigenvalue weighted by Crippen LogP contribution is 2.54. The van der Waals surface area contributed by atoms with Crippen LogP contribution in [0.25, 0.3) is 0 Å². The lowest BCUT2D eigenvalue weighted by Gasteiger charge is -2.31. The molecule has 1 N–H and O–H groups in total. The average Bonchev–Trinajstić information content (AvgIpc) is 3.49. The lowest BCUT2D eigenvalue weighted by atomic mass is 9.83. The molecule has 1 fully saturated rings. The van der Waals surface area contributed by atoms with Crippen molar-refractivity contribution in [1.29, 1.82) is 0 Å². The highest BCUT2D eigenvalue weighted by atomic mass is 32.2. The van der Waals surface area contributed by atoms with Gasteiger partial charge in [0.15, 0.2) is 0 Å². The van der Waals surface area contributed by atoms with Crippen LogP contribution in [0.2, 0.25) is 0 Å². The van der Waals surface area contributed by atoms with Crippen molar-refractivity contribution in [2.45, 2.75) is 36.6 Å². The number of thiazole rings is 1. The Morgan fingerprint density at radius 3 is 2.22 bits per heavy atom. The summed E-state index contributed by atoms with van der Waals surface area (Å²) in [4.78, 5) is 58.3. The number of methoxy groups -OCH3 is 1. The predicted molar refractivity (Wildman–Crippen MR) is 174 cm³/mol. The number of ether oxygens (including phenoxy) is 1. The van der Waals surface area contributed by atoms with Crippen LogP contribution in [0, 0.1) is 11.7 Å². The first-order valence-corrected chi connectivity index (χ1v) is 16.3. The fourth-order valence-electron chi connectivity index (χ4n) is 5.96. The summed E-state index contributed by atoms with van der Waals surface area (Å²) in [6.45, 7) is 5.52. The van der Waals surface area contributed by atoms with Crippen LogP contribution in [-0.2, 0) is 20.9 Å². The van der Waals surface area contributed by atoms with Gasteiger partial charge >= 0.3 is 4.87 Å². The van der Waals surface area contributed by atoms with E-state index in [-0.39, 0.29) is 23.2 Å². The maximum absolute atomic E-state index is 14.1. The normalized spacial score (nSPS) is 18.8. The van der Waals surface area contributed by atoms with Crippen LogP contribution in [0.4, 0.5) is 21.5 Å². The van der Waals surface area contributed by atoms with Crippen molar-refractivity contribution in [1.82, 2.24) is 4.57 Å². The lowest BCUT2D eigenvalue weighted by Crippen LogP contribution is -2.33. The molecule has 1 aromatic heterocycles. The molecule has 4 aromatic rings. The number of imide groups is 1. The molecule has 232 valence electrons. The first kappa shape index (κ1) is 30.6. The van der Waals surface area contributed by atoms with Crippen LogP contribution in [0.3, 0.4) is 0 Å². The second-order valence-corrected chi connectivity index (χ2v) is 12.8. The highest BCUT2D eigenvalue weighted by molar-refractivity contribution is 8.00. The van der Waals surface area contributed by atoms with Gasteiger partial charge in [-0.25, -0.2) is 9.29 Å². The fourth-order valence-corrected chi connectivity index (χ4v) is 8.73. The van der Waals surface area contributed by atoms with Gasteiger partial charge in [0.05, 0.1) is 23.7 Å². The van der Waals surface area contributed by atoms with E-state index in [2.05, 4.69) is 24.1 Å². The van der Waals surface area contributed by atoms with Crippen LogP contribution < -0.4 is 24.7 Å². The van der Waals surface area contributed by atoms with Crippen molar-refractivity contribution in [3.05, 3.63) is 98.7 Å². The monoisotopic (exact) mass is 646 g/mol. The Bertz CT molecular complexity index is 1800. The van der Waals surface area contributed by atoms with Crippen molar-refractivity contribution in [2.75, 3.05) is 35.3 Å². The first-order valence-electron chi connectivity index (χ1n) is 14.6. The maximum Gasteiger partial charge on any atom is 0.308 e. The second kappa shape index (κ2) is 12.5. The summed E-state index contributed by atoms with van der Waals surface area (Å²) in [5, 5.41) is 2.39. The number of carbonyl (C=O) groups excluding carboxylic acids is 3. The Morgan fingerprint density at radius 1 is 0.933 bits per heavy atom. The van der Waals surface area contributed by atoms with E-state index in [9.17, 15) is 23.6 Å². The molecular formula is C33H31FN4O5S2. The first-order chi connectivity index (χ1) is 21.7. The number of aromatic nitrogens is 1.